The smallest absolute Gasteiger partial charge is 0.274 e. The Hall–Kier alpha value is -1.39. The maximum atomic E-state index is 10.8. The van der Waals surface area contributed by atoms with Crippen LogP contribution >= 0.6 is 0 Å². The number of benzene rings is 1. The summed E-state index contributed by atoms with van der Waals surface area (Å²) < 4.78 is 24.0. The molecule has 1 saturated heterocycles. The summed E-state index contributed by atoms with van der Waals surface area (Å²) in [4.78, 5) is 2.13. The van der Waals surface area contributed by atoms with Gasteiger partial charge >= 0.3 is 0 Å². The van der Waals surface area contributed by atoms with E-state index in [1.165, 1.54) is 0 Å². The van der Waals surface area contributed by atoms with Gasteiger partial charge in [0.15, 0.2) is 0 Å². The van der Waals surface area contributed by atoms with Gasteiger partial charge in [0.1, 0.15) is 0 Å². The highest BCUT2D eigenvalue weighted by atomic mass is 32.2. The fraction of sp³-hybridized carbons (Fsp3) is 0.333. The molecule has 0 atom stereocenters. The summed E-state index contributed by atoms with van der Waals surface area (Å²) in [7, 11) is -3.59. The average molecular weight is 265 g/mol. The van der Waals surface area contributed by atoms with Crippen molar-refractivity contribution in [3.8, 4) is 12.3 Å². The van der Waals surface area contributed by atoms with Gasteiger partial charge in [-0.1, -0.05) is 18.1 Å². The topological polar surface area (TPSA) is 75.4 Å². The molecule has 0 aliphatic carbocycles. The predicted molar refractivity (Wildman–Crippen MR) is 69.7 cm³/mol. The zero-order valence-corrected chi connectivity index (χ0v) is 10.7. The molecule has 0 unspecified atom stereocenters. The van der Waals surface area contributed by atoms with Crippen LogP contribution in [0.4, 0.5) is 0 Å². The van der Waals surface area contributed by atoms with Crippen molar-refractivity contribution >= 4 is 10.2 Å². The molecule has 96 valence electrons. The van der Waals surface area contributed by atoms with Gasteiger partial charge in [-0.15, -0.1) is 6.42 Å². The number of terminal acetylenes is 1. The molecular weight excluding hydrogens is 250 g/mol. The maximum Gasteiger partial charge on any atom is 0.274 e. The highest BCUT2D eigenvalue weighted by Crippen LogP contribution is 2.14. The predicted octanol–water partition coefficient (Wildman–Crippen LogP) is -0.355. The molecule has 1 aliphatic rings. The molecular formula is C12H15N3O2S. The van der Waals surface area contributed by atoms with Crippen molar-refractivity contribution in [1.29, 1.82) is 0 Å². The van der Waals surface area contributed by atoms with E-state index >= 15 is 0 Å². The first-order valence-electron chi connectivity index (χ1n) is 5.54. The number of hydrogen-bond acceptors (Lipinski definition) is 3. The van der Waals surface area contributed by atoms with Crippen LogP contribution < -0.4 is 9.86 Å². The molecule has 1 aromatic carbocycles. The van der Waals surface area contributed by atoms with Gasteiger partial charge in [0.25, 0.3) is 10.2 Å². The number of likely N-dealkylation sites (tertiary alicyclic amines) is 1. The Morgan fingerprint density at radius 1 is 1.39 bits per heavy atom. The molecule has 0 bridgehead atoms. The van der Waals surface area contributed by atoms with Crippen molar-refractivity contribution in [2.45, 2.75) is 12.6 Å². The monoisotopic (exact) mass is 265 g/mol. The van der Waals surface area contributed by atoms with Crippen LogP contribution in [-0.2, 0) is 16.8 Å². The first-order valence-corrected chi connectivity index (χ1v) is 7.09. The normalized spacial score (nSPS) is 17.1. The van der Waals surface area contributed by atoms with Crippen LogP contribution in [0.15, 0.2) is 24.3 Å². The van der Waals surface area contributed by atoms with Crippen molar-refractivity contribution in [3.05, 3.63) is 35.4 Å². The SMILES string of the molecule is C#Cc1ccc(CN2CC(NS(N)(=O)=O)C2)cc1. The van der Waals surface area contributed by atoms with E-state index in [0.29, 0.717) is 13.1 Å². The van der Waals surface area contributed by atoms with E-state index in [4.69, 9.17) is 11.6 Å². The summed E-state index contributed by atoms with van der Waals surface area (Å²) in [5.74, 6) is 2.56. The minimum atomic E-state index is -3.59. The van der Waals surface area contributed by atoms with E-state index < -0.39 is 10.2 Å². The molecule has 2 rings (SSSR count). The zero-order chi connectivity index (χ0) is 13.2. The summed E-state index contributed by atoms with van der Waals surface area (Å²) in [6.07, 6.45) is 5.28. The quantitative estimate of drug-likeness (QED) is 0.730. The van der Waals surface area contributed by atoms with Gasteiger partial charge in [-0.3, -0.25) is 4.90 Å². The van der Waals surface area contributed by atoms with Crippen LogP contribution in [-0.4, -0.2) is 32.4 Å². The lowest BCUT2D eigenvalue weighted by molar-refractivity contribution is 0.132. The van der Waals surface area contributed by atoms with E-state index in [1.54, 1.807) is 0 Å². The second-order valence-corrected chi connectivity index (χ2v) is 5.72. The average Bonchev–Trinajstić information content (AvgIpc) is 2.25. The molecule has 0 amide bonds. The van der Waals surface area contributed by atoms with Crippen molar-refractivity contribution in [2.75, 3.05) is 13.1 Å². The van der Waals surface area contributed by atoms with Crippen molar-refractivity contribution in [3.63, 3.8) is 0 Å². The van der Waals surface area contributed by atoms with Crippen LogP contribution in [0.5, 0.6) is 0 Å². The van der Waals surface area contributed by atoms with E-state index in [-0.39, 0.29) is 6.04 Å². The van der Waals surface area contributed by atoms with E-state index in [9.17, 15) is 8.42 Å². The number of nitrogens with zero attached hydrogens (tertiary/aromatic N) is 1. The lowest BCUT2D eigenvalue weighted by Gasteiger charge is -2.38. The molecule has 18 heavy (non-hydrogen) atoms. The maximum absolute atomic E-state index is 10.8. The summed E-state index contributed by atoms with van der Waals surface area (Å²) in [5, 5.41) is 4.90. The minimum absolute atomic E-state index is 0.0787. The molecule has 1 heterocycles. The molecule has 0 saturated carbocycles. The van der Waals surface area contributed by atoms with Crippen LogP contribution in [0.3, 0.4) is 0 Å². The van der Waals surface area contributed by atoms with Crippen molar-refractivity contribution in [2.24, 2.45) is 5.14 Å². The fourth-order valence-corrected chi connectivity index (χ4v) is 2.58. The first kappa shape index (κ1) is 13.1. The van der Waals surface area contributed by atoms with Crippen LogP contribution in [0.2, 0.25) is 0 Å². The molecule has 3 N–H and O–H groups in total. The molecule has 5 nitrogen and oxygen atoms in total. The molecule has 1 fully saturated rings. The number of nitrogens with one attached hydrogen (secondary N) is 1. The standard InChI is InChI=1S/C12H15N3O2S/c1-2-10-3-5-11(6-4-10)7-15-8-12(9-15)14-18(13,16)17/h1,3-6,12,14H,7-9H2,(H2,13,16,17). The van der Waals surface area contributed by atoms with E-state index in [0.717, 1.165) is 17.7 Å². The number of rotatable bonds is 4. The van der Waals surface area contributed by atoms with Gasteiger partial charge in [-0.05, 0) is 17.7 Å². The fourth-order valence-electron chi connectivity index (χ4n) is 1.97. The van der Waals surface area contributed by atoms with Crippen LogP contribution in [0.25, 0.3) is 0 Å². The molecule has 0 radical (unpaired) electrons. The van der Waals surface area contributed by atoms with Gasteiger partial charge in [-0.2, -0.15) is 13.1 Å². The van der Waals surface area contributed by atoms with Crippen molar-refractivity contribution < 1.29 is 8.42 Å². The van der Waals surface area contributed by atoms with Gasteiger partial charge in [0.05, 0.1) is 0 Å². The first-order chi connectivity index (χ1) is 8.46. The summed E-state index contributed by atoms with van der Waals surface area (Å²) in [6.45, 7) is 2.13. The third-order valence-electron chi connectivity index (χ3n) is 2.81. The largest absolute Gasteiger partial charge is 0.296 e. The Morgan fingerprint density at radius 3 is 2.50 bits per heavy atom. The Kier molecular flexibility index (Phi) is 3.68. The highest BCUT2D eigenvalue weighted by molar-refractivity contribution is 7.87. The van der Waals surface area contributed by atoms with E-state index in [1.807, 2.05) is 24.3 Å². The molecule has 1 aliphatic heterocycles. The Bertz CT molecular complexity index is 554. The van der Waals surface area contributed by atoms with Gasteiger partial charge in [-0.25, -0.2) is 5.14 Å². The van der Waals surface area contributed by atoms with Gasteiger partial charge in [0, 0.05) is 31.2 Å². The lowest BCUT2D eigenvalue weighted by Crippen LogP contribution is -2.59. The highest BCUT2D eigenvalue weighted by Gasteiger charge is 2.28. The van der Waals surface area contributed by atoms with E-state index in [2.05, 4.69) is 15.5 Å². The van der Waals surface area contributed by atoms with Gasteiger partial charge in [0.2, 0.25) is 0 Å². The van der Waals surface area contributed by atoms with Crippen molar-refractivity contribution in [1.82, 2.24) is 9.62 Å². The lowest BCUT2D eigenvalue weighted by atomic mass is 10.1. The third-order valence-corrected chi connectivity index (χ3v) is 3.48. The molecule has 6 heteroatoms. The number of nitrogens with two attached hydrogens (primary N) is 1. The number of hydrogen-bond donors (Lipinski definition) is 2. The third kappa shape index (κ3) is 3.55. The summed E-state index contributed by atoms with van der Waals surface area (Å²) >= 11 is 0. The van der Waals surface area contributed by atoms with Gasteiger partial charge < -0.3 is 0 Å². The minimum Gasteiger partial charge on any atom is -0.296 e. The summed E-state index contributed by atoms with van der Waals surface area (Å²) in [5.41, 5.74) is 2.01. The second-order valence-electron chi connectivity index (χ2n) is 4.40. The second kappa shape index (κ2) is 5.08. The van der Waals surface area contributed by atoms with Crippen LogP contribution in [0, 0.1) is 12.3 Å². The molecule has 0 spiro atoms. The zero-order valence-electron chi connectivity index (χ0n) is 9.83. The molecule has 0 aromatic heterocycles. The Labute approximate surface area is 107 Å². The van der Waals surface area contributed by atoms with Crippen LogP contribution in [0.1, 0.15) is 11.1 Å². The molecule has 1 aromatic rings. The Morgan fingerprint density at radius 2 is 2.00 bits per heavy atom. The summed E-state index contributed by atoms with van der Waals surface area (Å²) in [6, 6.07) is 7.68. The Balaban J connectivity index is 1.81.